The van der Waals surface area contributed by atoms with Gasteiger partial charge in [-0.2, -0.15) is 0 Å². The second kappa shape index (κ2) is 13.1. The van der Waals surface area contributed by atoms with Crippen LogP contribution in [0.1, 0.15) is 112 Å². The van der Waals surface area contributed by atoms with Crippen LogP contribution in [0.2, 0.25) is 0 Å². The predicted octanol–water partition coefficient (Wildman–Crippen LogP) is 10.8. The van der Waals surface area contributed by atoms with E-state index < -0.39 is 11.6 Å². The number of rotatable bonds is 10. The van der Waals surface area contributed by atoms with Crippen LogP contribution in [0.15, 0.2) is 60.7 Å². The number of nitrogen functional groups attached to an aromatic ring is 2. The molecule has 0 bridgehead atoms. The monoisotopic (exact) mass is 586 g/mol. The molecule has 0 radical (unpaired) electrons. The van der Waals surface area contributed by atoms with Crippen molar-refractivity contribution in [1.82, 2.24) is 0 Å². The minimum atomic E-state index is -0.414. The van der Waals surface area contributed by atoms with Crippen molar-refractivity contribution in [2.75, 3.05) is 11.5 Å². The molecule has 4 rings (SSSR count). The number of hydrogen-bond acceptors (Lipinski definition) is 4. The van der Waals surface area contributed by atoms with Gasteiger partial charge < -0.3 is 20.9 Å². The summed E-state index contributed by atoms with van der Waals surface area (Å²) >= 11 is 0. The molecular formula is C37H44F2N2O2. The molecule has 0 fully saturated rings. The molecule has 0 spiro atoms. The zero-order valence-electron chi connectivity index (χ0n) is 26.5. The summed E-state index contributed by atoms with van der Waals surface area (Å²) in [5.41, 5.74) is 18.5. The minimum Gasteiger partial charge on any atom is -0.454 e. The molecule has 43 heavy (non-hydrogen) atoms. The van der Waals surface area contributed by atoms with E-state index in [1.54, 1.807) is 12.1 Å². The van der Waals surface area contributed by atoms with Crippen molar-refractivity contribution in [3.05, 3.63) is 106 Å². The Labute approximate surface area is 255 Å². The Morgan fingerprint density at radius 1 is 0.535 bits per heavy atom. The first-order chi connectivity index (χ1) is 20.3. The Bertz CT molecular complexity index is 1460. The van der Waals surface area contributed by atoms with Crippen molar-refractivity contribution in [3.8, 4) is 23.0 Å². The van der Waals surface area contributed by atoms with Crippen LogP contribution in [0.3, 0.4) is 0 Å². The van der Waals surface area contributed by atoms with E-state index in [1.165, 1.54) is 0 Å². The van der Waals surface area contributed by atoms with Crippen molar-refractivity contribution >= 4 is 11.4 Å². The Morgan fingerprint density at radius 2 is 0.860 bits per heavy atom. The summed E-state index contributed by atoms with van der Waals surface area (Å²) < 4.78 is 42.7. The van der Waals surface area contributed by atoms with Gasteiger partial charge in [-0.25, -0.2) is 8.78 Å². The SMILES string of the molecule is CC(C)c1cc(Oc2ccc(Cc3ccc(Oc4cc(C(C)C)c(N)c(C(C)C)c4F)cc3)cc2)c(F)c(C(C)C)c1N. The van der Waals surface area contributed by atoms with Crippen LogP contribution in [-0.4, -0.2) is 0 Å². The summed E-state index contributed by atoms with van der Waals surface area (Å²) in [5, 5.41) is 0. The Hall–Kier alpha value is -4.06. The highest BCUT2D eigenvalue weighted by molar-refractivity contribution is 5.62. The number of benzene rings is 4. The summed E-state index contributed by atoms with van der Waals surface area (Å²) in [6.07, 6.45) is 0.678. The van der Waals surface area contributed by atoms with Crippen molar-refractivity contribution < 1.29 is 18.3 Å². The quantitative estimate of drug-likeness (QED) is 0.181. The molecule has 0 saturated carbocycles. The van der Waals surface area contributed by atoms with Gasteiger partial charge >= 0.3 is 0 Å². The van der Waals surface area contributed by atoms with Crippen molar-refractivity contribution in [2.45, 2.75) is 85.5 Å². The lowest BCUT2D eigenvalue weighted by atomic mass is 9.92. The van der Waals surface area contributed by atoms with E-state index in [0.29, 0.717) is 40.4 Å². The number of nitrogens with two attached hydrogens (primary N) is 2. The molecule has 228 valence electrons. The van der Waals surface area contributed by atoms with E-state index in [4.69, 9.17) is 20.9 Å². The molecule has 0 unspecified atom stereocenters. The largest absolute Gasteiger partial charge is 0.454 e. The molecule has 4 N–H and O–H groups in total. The summed E-state index contributed by atoms with van der Waals surface area (Å²) in [6, 6.07) is 18.6. The fourth-order valence-corrected chi connectivity index (χ4v) is 5.45. The lowest BCUT2D eigenvalue weighted by Gasteiger charge is -2.20. The highest BCUT2D eigenvalue weighted by Gasteiger charge is 2.23. The molecule has 0 heterocycles. The van der Waals surface area contributed by atoms with Gasteiger partial charge in [0.25, 0.3) is 0 Å². The topological polar surface area (TPSA) is 70.5 Å². The van der Waals surface area contributed by atoms with E-state index in [-0.39, 0.29) is 35.2 Å². The first-order valence-corrected chi connectivity index (χ1v) is 15.0. The normalized spacial score (nSPS) is 11.7. The average molecular weight is 587 g/mol. The second-order valence-electron chi connectivity index (χ2n) is 12.5. The number of halogens is 2. The summed E-state index contributed by atoms with van der Waals surface area (Å²) in [6.45, 7) is 15.8. The molecular weight excluding hydrogens is 542 g/mol. The fourth-order valence-electron chi connectivity index (χ4n) is 5.45. The van der Waals surface area contributed by atoms with Crippen molar-refractivity contribution in [1.29, 1.82) is 0 Å². The molecule has 0 aliphatic carbocycles. The lowest BCUT2D eigenvalue weighted by molar-refractivity contribution is 0.435. The molecule has 4 aromatic carbocycles. The maximum atomic E-state index is 15.4. The van der Waals surface area contributed by atoms with Gasteiger partial charge in [-0.1, -0.05) is 79.7 Å². The zero-order chi connectivity index (χ0) is 31.6. The third-order valence-corrected chi connectivity index (χ3v) is 7.79. The molecule has 0 aliphatic heterocycles. The standard InChI is InChI=1S/C37H44F2N2O2/c1-20(2)28-18-30(34(38)32(22(5)6)36(28)40)42-26-13-9-24(10-14-26)17-25-11-15-27(16-12-25)43-31-19-29(21(3)4)37(41)33(23(7)8)35(31)39/h9-16,18-23H,17,40-41H2,1-8H3. The van der Waals surface area contributed by atoms with Gasteiger partial charge in [0.15, 0.2) is 23.1 Å². The van der Waals surface area contributed by atoms with E-state index >= 15 is 8.78 Å². The van der Waals surface area contributed by atoms with Gasteiger partial charge in [-0.05, 0) is 88.7 Å². The molecule has 0 amide bonds. The summed E-state index contributed by atoms with van der Waals surface area (Å²) in [5.74, 6) is 0.778. The lowest BCUT2D eigenvalue weighted by Crippen LogP contribution is -2.07. The van der Waals surface area contributed by atoms with E-state index in [0.717, 1.165) is 22.3 Å². The zero-order valence-corrected chi connectivity index (χ0v) is 26.5. The Morgan fingerprint density at radius 3 is 1.14 bits per heavy atom. The van der Waals surface area contributed by atoms with E-state index in [9.17, 15) is 0 Å². The highest BCUT2D eigenvalue weighted by atomic mass is 19.1. The van der Waals surface area contributed by atoms with Gasteiger partial charge in [0.1, 0.15) is 11.5 Å². The van der Waals surface area contributed by atoms with Gasteiger partial charge in [0.2, 0.25) is 0 Å². The molecule has 4 aromatic rings. The maximum Gasteiger partial charge on any atom is 0.171 e. The van der Waals surface area contributed by atoms with Crippen LogP contribution >= 0.6 is 0 Å². The van der Waals surface area contributed by atoms with E-state index in [1.807, 2.05) is 104 Å². The Kier molecular flexibility index (Phi) is 9.69. The molecule has 4 nitrogen and oxygen atoms in total. The van der Waals surface area contributed by atoms with Gasteiger partial charge in [0, 0.05) is 22.5 Å². The van der Waals surface area contributed by atoms with Crippen LogP contribution in [-0.2, 0) is 6.42 Å². The first-order valence-electron chi connectivity index (χ1n) is 15.0. The molecule has 6 heteroatoms. The fraction of sp³-hybridized carbons (Fsp3) is 0.351. The average Bonchev–Trinajstić information content (AvgIpc) is 2.93. The third-order valence-electron chi connectivity index (χ3n) is 7.79. The number of hydrogen-bond donors (Lipinski definition) is 2. The van der Waals surface area contributed by atoms with Crippen molar-refractivity contribution in [3.63, 3.8) is 0 Å². The molecule has 0 atom stereocenters. The summed E-state index contributed by atoms with van der Waals surface area (Å²) in [7, 11) is 0. The first kappa shape index (κ1) is 31.9. The highest BCUT2D eigenvalue weighted by Crippen LogP contribution is 2.40. The van der Waals surface area contributed by atoms with Crippen LogP contribution in [0.4, 0.5) is 20.2 Å². The van der Waals surface area contributed by atoms with Crippen LogP contribution < -0.4 is 20.9 Å². The summed E-state index contributed by atoms with van der Waals surface area (Å²) in [4.78, 5) is 0. The van der Waals surface area contributed by atoms with Gasteiger partial charge in [-0.15, -0.1) is 0 Å². The van der Waals surface area contributed by atoms with Crippen LogP contribution in [0, 0.1) is 11.6 Å². The molecule has 0 aliphatic rings. The number of anilines is 2. The van der Waals surface area contributed by atoms with Crippen molar-refractivity contribution in [2.24, 2.45) is 0 Å². The Balaban J connectivity index is 1.49. The number of ether oxygens (including phenoxy) is 2. The molecule has 0 aromatic heterocycles. The van der Waals surface area contributed by atoms with E-state index in [2.05, 4.69) is 0 Å². The van der Waals surface area contributed by atoms with Crippen LogP contribution in [0.5, 0.6) is 23.0 Å². The minimum absolute atomic E-state index is 0.0687. The third kappa shape index (κ3) is 6.96. The van der Waals surface area contributed by atoms with Gasteiger partial charge in [-0.3, -0.25) is 0 Å². The van der Waals surface area contributed by atoms with Crippen LogP contribution in [0.25, 0.3) is 0 Å². The smallest absolute Gasteiger partial charge is 0.171 e. The van der Waals surface area contributed by atoms with Gasteiger partial charge in [0.05, 0.1) is 0 Å². The second-order valence-corrected chi connectivity index (χ2v) is 12.5. The maximum absolute atomic E-state index is 15.4. The molecule has 0 saturated heterocycles. The predicted molar refractivity (Wildman–Crippen MR) is 174 cm³/mol.